The van der Waals surface area contributed by atoms with Crippen molar-refractivity contribution in [3.63, 3.8) is 0 Å². The number of carbonyl (C=O) groups excluding carboxylic acids is 1. The number of nitrogens with one attached hydrogen (secondary N) is 2. The maximum absolute atomic E-state index is 12.0. The molecule has 0 saturated heterocycles. The van der Waals surface area contributed by atoms with Gasteiger partial charge in [0, 0.05) is 11.4 Å². The minimum atomic E-state index is -0.221. The minimum Gasteiger partial charge on any atom is -0.308 e. The van der Waals surface area contributed by atoms with Crippen molar-refractivity contribution in [2.24, 2.45) is 0 Å². The van der Waals surface area contributed by atoms with Gasteiger partial charge in [0.25, 0.3) is 0 Å². The molecule has 0 heterocycles. The molecule has 21 heavy (non-hydrogen) atoms. The Kier molecular flexibility index (Phi) is 4.63. The molecule has 0 aliphatic carbocycles. The average Bonchev–Trinajstić information content (AvgIpc) is 2.44. The van der Waals surface area contributed by atoms with E-state index in [-0.39, 0.29) is 6.03 Å². The van der Waals surface area contributed by atoms with Gasteiger partial charge in [-0.3, -0.25) is 0 Å². The molecule has 2 amide bonds. The van der Waals surface area contributed by atoms with E-state index in [0.29, 0.717) is 5.92 Å². The fraction of sp³-hybridized carbons (Fsp3) is 0.278. The van der Waals surface area contributed by atoms with E-state index < -0.39 is 0 Å². The van der Waals surface area contributed by atoms with Gasteiger partial charge in [0.2, 0.25) is 0 Å². The van der Waals surface area contributed by atoms with Crippen molar-refractivity contribution in [2.75, 3.05) is 10.6 Å². The predicted molar refractivity (Wildman–Crippen MR) is 89.1 cm³/mol. The van der Waals surface area contributed by atoms with Crippen LogP contribution in [0.25, 0.3) is 0 Å². The van der Waals surface area contributed by atoms with Crippen LogP contribution in [0.3, 0.4) is 0 Å². The lowest BCUT2D eigenvalue weighted by Crippen LogP contribution is -2.20. The summed E-state index contributed by atoms with van der Waals surface area (Å²) in [5, 5.41) is 5.74. The number of urea groups is 1. The van der Waals surface area contributed by atoms with Gasteiger partial charge in [-0.1, -0.05) is 38.1 Å². The molecule has 0 aromatic heterocycles. The number of benzene rings is 2. The first-order valence-corrected chi connectivity index (χ1v) is 7.21. The number of hydrogen-bond acceptors (Lipinski definition) is 1. The number of anilines is 2. The second kappa shape index (κ2) is 6.44. The molecule has 0 unspecified atom stereocenters. The van der Waals surface area contributed by atoms with Gasteiger partial charge in [0.1, 0.15) is 0 Å². The highest BCUT2D eigenvalue weighted by molar-refractivity contribution is 6.00. The third-order valence-corrected chi connectivity index (χ3v) is 3.69. The summed E-state index contributed by atoms with van der Waals surface area (Å²) >= 11 is 0. The van der Waals surface area contributed by atoms with E-state index >= 15 is 0 Å². The van der Waals surface area contributed by atoms with E-state index in [1.54, 1.807) is 0 Å². The van der Waals surface area contributed by atoms with Crippen molar-refractivity contribution in [1.82, 2.24) is 0 Å². The number of rotatable bonds is 3. The molecular formula is C18H22N2O. The molecule has 2 aromatic carbocycles. The van der Waals surface area contributed by atoms with Crippen LogP contribution < -0.4 is 10.6 Å². The molecule has 2 aromatic rings. The van der Waals surface area contributed by atoms with Gasteiger partial charge in [-0.25, -0.2) is 4.79 Å². The second-order valence-corrected chi connectivity index (χ2v) is 5.60. The van der Waals surface area contributed by atoms with Crippen molar-refractivity contribution in [3.8, 4) is 0 Å². The SMILES string of the molecule is Cc1cccc(NC(=O)Nc2ccc(C(C)C)cc2)c1C. The van der Waals surface area contributed by atoms with Crippen LogP contribution in [0.15, 0.2) is 42.5 Å². The highest BCUT2D eigenvalue weighted by atomic mass is 16.2. The molecule has 2 rings (SSSR count). The quantitative estimate of drug-likeness (QED) is 0.810. The van der Waals surface area contributed by atoms with E-state index in [0.717, 1.165) is 22.5 Å². The van der Waals surface area contributed by atoms with E-state index in [1.807, 2.05) is 56.3 Å². The zero-order valence-electron chi connectivity index (χ0n) is 13.0. The number of aryl methyl sites for hydroxylation is 1. The Bertz CT molecular complexity index is 630. The van der Waals surface area contributed by atoms with Crippen molar-refractivity contribution in [1.29, 1.82) is 0 Å². The first-order valence-electron chi connectivity index (χ1n) is 7.21. The number of carbonyl (C=O) groups is 1. The molecule has 0 fully saturated rings. The van der Waals surface area contributed by atoms with E-state index in [1.165, 1.54) is 5.56 Å². The molecule has 0 aliphatic heterocycles. The van der Waals surface area contributed by atoms with E-state index in [9.17, 15) is 4.79 Å². The van der Waals surface area contributed by atoms with Crippen LogP contribution in [0, 0.1) is 13.8 Å². The molecule has 0 spiro atoms. The van der Waals surface area contributed by atoms with Gasteiger partial charge in [-0.2, -0.15) is 0 Å². The molecule has 0 radical (unpaired) electrons. The zero-order chi connectivity index (χ0) is 15.4. The highest BCUT2D eigenvalue weighted by Crippen LogP contribution is 2.19. The zero-order valence-corrected chi connectivity index (χ0v) is 13.0. The average molecular weight is 282 g/mol. The summed E-state index contributed by atoms with van der Waals surface area (Å²) < 4.78 is 0. The Morgan fingerprint density at radius 2 is 1.62 bits per heavy atom. The molecule has 3 nitrogen and oxygen atoms in total. The molecule has 110 valence electrons. The topological polar surface area (TPSA) is 41.1 Å². The molecule has 2 N–H and O–H groups in total. The summed E-state index contributed by atoms with van der Waals surface area (Å²) in [5.74, 6) is 0.489. The summed E-state index contributed by atoms with van der Waals surface area (Å²) in [6, 6.07) is 13.6. The molecular weight excluding hydrogens is 260 g/mol. The van der Waals surface area contributed by atoms with Gasteiger partial charge >= 0.3 is 6.03 Å². The third-order valence-electron chi connectivity index (χ3n) is 3.69. The lowest BCUT2D eigenvalue weighted by Gasteiger charge is -2.12. The van der Waals surface area contributed by atoms with Crippen molar-refractivity contribution in [2.45, 2.75) is 33.6 Å². The van der Waals surface area contributed by atoms with Gasteiger partial charge in [-0.15, -0.1) is 0 Å². The Balaban J connectivity index is 2.03. The Morgan fingerprint density at radius 1 is 0.952 bits per heavy atom. The number of amides is 2. The maximum Gasteiger partial charge on any atom is 0.323 e. The fourth-order valence-corrected chi connectivity index (χ4v) is 2.12. The number of hydrogen-bond donors (Lipinski definition) is 2. The molecule has 3 heteroatoms. The van der Waals surface area contributed by atoms with Crippen molar-refractivity contribution in [3.05, 3.63) is 59.2 Å². The summed E-state index contributed by atoms with van der Waals surface area (Å²) in [6.45, 7) is 8.33. The van der Waals surface area contributed by atoms with Crippen LogP contribution in [0.5, 0.6) is 0 Å². The summed E-state index contributed by atoms with van der Waals surface area (Å²) in [4.78, 5) is 12.0. The van der Waals surface area contributed by atoms with Crippen LogP contribution in [0.4, 0.5) is 16.2 Å². The van der Waals surface area contributed by atoms with Crippen LogP contribution in [-0.4, -0.2) is 6.03 Å². The lowest BCUT2D eigenvalue weighted by molar-refractivity contribution is 0.262. The second-order valence-electron chi connectivity index (χ2n) is 5.60. The van der Waals surface area contributed by atoms with Gasteiger partial charge < -0.3 is 10.6 Å². The standard InChI is InChI=1S/C18H22N2O/c1-12(2)15-8-10-16(11-9-15)19-18(21)20-17-7-5-6-13(3)14(17)4/h5-12H,1-4H3,(H2,19,20,21). The fourth-order valence-electron chi connectivity index (χ4n) is 2.12. The first-order chi connectivity index (χ1) is 9.97. The Labute approximate surface area is 126 Å². The first kappa shape index (κ1) is 15.1. The molecule has 0 aliphatic rings. The molecule has 0 saturated carbocycles. The van der Waals surface area contributed by atoms with Crippen LogP contribution >= 0.6 is 0 Å². The minimum absolute atomic E-state index is 0.221. The van der Waals surface area contributed by atoms with Crippen LogP contribution in [0.1, 0.15) is 36.5 Å². The molecule has 0 atom stereocenters. The van der Waals surface area contributed by atoms with Gasteiger partial charge in [0.05, 0.1) is 0 Å². The monoisotopic (exact) mass is 282 g/mol. The van der Waals surface area contributed by atoms with Crippen LogP contribution in [0.2, 0.25) is 0 Å². The predicted octanol–water partition coefficient (Wildman–Crippen LogP) is 5.07. The van der Waals surface area contributed by atoms with Gasteiger partial charge in [-0.05, 0) is 54.7 Å². The Hall–Kier alpha value is -2.29. The van der Waals surface area contributed by atoms with Crippen molar-refractivity contribution < 1.29 is 4.79 Å². The maximum atomic E-state index is 12.0. The lowest BCUT2D eigenvalue weighted by atomic mass is 10.0. The van der Waals surface area contributed by atoms with Crippen LogP contribution in [-0.2, 0) is 0 Å². The van der Waals surface area contributed by atoms with Gasteiger partial charge in [0.15, 0.2) is 0 Å². The van der Waals surface area contributed by atoms with E-state index in [4.69, 9.17) is 0 Å². The van der Waals surface area contributed by atoms with Crippen molar-refractivity contribution >= 4 is 17.4 Å². The third kappa shape index (κ3) is 3.85. The normalized spacial score (nSPS) is 10.5. The summed E-state index contributed by atoms with van der Waals surface area (Å²) in [7, 11) is 0. The largest absolute Gasteiger partial charge is 0.323 e. The van der Waals surface area contributed by atoms with E-state index in [2.05, 4.69) is 24.5 Å². The smallest absolute Gasteiger partial charge is 0.308 e. The summed E-state index contributed by atoms with van der Waals surface area (Å²) in [6.07, 6.45) is 0. The Morgan fingerprint density at radius 3 is 2.24 bits per heavy atom. The highest BCUT2D eigenvalue weighted by Gasteiger charge is 2.06. The molecule has 0 bridgehead atoms. The summed E-state index contributed by atoms with van der Waals surface area (Å²) in [5.41, 5.74) is 5.14.